The molecule has 4 heterocycles. The first-order valence-electron chi connectivity index (χ1n) is 14.4. The highest BCUT2D eigenvalue weighted by Crippen LogP contribution is 2.28. The topological polar surface area (TPSA) is 185 Å². The Morgan fingerprint density at radius 1 is 0.717 bits per heavy atom. The fourth-order valence-electron chi connectivity index (χ4n) is 4.98. The highest BCUT2D eigenvalue weighted by atomic mass is 32.2. The van der Waals surface area contributed by atoms with E-state index in [0.717, 1.165) is 11.1 Å². The van der Waals surface area contributed by atoms with Gasteiger partial charge in [-0.05, 0) is 48.7 Å². The second kappa shape index (κ2) is 14.7. The minimum Gasteiger partial charge on any atom is -0.383 e. The summed E-state index contributed by atoms with van der Waals surface area (Å²) in [5.41, 5.74) is 3.07. The summed E-state index contributed by atoms with van der Waals surface area (Å²) in [7, 11) is -5.85. The van der Waals surface area contributed by atoms with Gasteiger partial charge < -0.3 is 4.74 Å². The maximum Gasteiger partial charge on any atom is 0.258 e. The number of benzene rings is 2. The van der Waals surface area contributed by atoms with Crippen LogP contribution < -0.4 is 9.44 Å². The van der Waals surface area contributed by atoms with Gasteiger partial charge in [0, 0.05) is 38.0 Å². The number of methoxy groups -OCH3 is 1. The predicted molar refractivity (Wildman–Crippen MR) is 174 cm³/mol. The lowest BCUT2D eigenvalue weighted by molar-refractivity contribution is 0.180. The van der Waals surface area contributed by atoms with Gasteiger partial charge in [-0.15, -0.1) is 0 Å². The van der Waals surface area contributed by atoms with Crippen molar-refractivity contribution in [3.8, 4) is 0 Å². The minimum atomic E-state index is -3.71. The maximum absolute atomic E-state index is 12.8. The van der Waals surface area contributed by atoms with Gasteiger partial charge in [-0.3, -0.25) is 10.2 Å². The second-order valence-corrected chi connectivity index (χ2v) is 13.7. The molecule has 0 saturated heterocycles. The number of aromatic nitrogens is 6. The van der Waals surface area contributed by atoms with Crippen LogP contribution in [0.1, 0.15) is 30.4 Å². The van der Waals surface area contributed by atoms with E-state index in [2.05, 4.69) is 64.1 Å². The Kier molecular flexibility index (Phi) is 10.5. The molecule has 1 unspecified atom stereocenters. The Hall–Kier alpha value is -4.54. The molecule has 240 valence electrons. The molecular weight excluding hydrogens is 629 g/mol. The third-order valence-electron chi connectivity index (χ3n) is 7.03. The standard InChI is InChI=1S/C21H20N4O2S.C10H14N4O3S/c26-28(27,21-19-12-7-14-22-20(19)24-25-21)23-15-13-18(16-8-3-1-4-9-16)17-10-5-2-6-11-17;1-7(6-17-2)14-18(15,16)10-8-4-3-5-11-9(8)12-13-10/h1-12,14,18,23H,13,15H2,(H,22,24,25);3-5,7,14H,6H2,1-2H3,(H,11,12,13). The van der Waals surface area contributed by atoms with E-state index in [-0.39, 0.29) is 22.0 Å². The van der Waals surface area contributed by atoms with Gasteiger partial charge in [-0.25, -0.2) is 36.2 Å². The van der Waals surface area contributed by atoms with Gasteiger partial charge in [0.15, 0.2) is 21.3 Å². The van der Waals surface area contributed by atoms with E-state index in [1.54, 1.807) is 43.6 Å². The van der Waals surface area contributed by atoms with Crippen molar-refractivity contribution in [3.63, 3.8) is 0 Å². The van der Waals surface area contributed by atoms with Crippen molar-refractivity contribution in [3.05, 3.63) is 108 Å². The average molecular weight is 663 g/mol. The van der Waals surface area contributed by atoms with Crippen LogP contribution in [0.4, 0.5) is 0 Å². The van der Waals surface area contributed by atoms with Crippen LogP contribution in [0.25, 0.3) is 22.1 Å². The summed E-state index contributed by atoms with van der Waals surface area (Å²) in [6.45, 7) is 2.32. The summed E-state index contributed by atoms with van der Waals surface area (Å²) in [5.74, 6) is 0.102. The Bertz CT molecular complexity index is 2050. The highest BCUT2D eigenvalue weighted by Gasteiger charge is 2.23. The summed E-state index contributed by atoms with van der Waals surface area (Å²) >= 11 is 0. The summed E-state index contributed by atoms with van der Waals surface area (Å²) in [5, 5.41) is 13.9. The van der Waals surface area contributed by atoms with Gasteiger partial charge in [-0.1, -0.05) is 60.7 Å². The number of rotatable bonds is 12. The lowest BCUT2D eigenvalue weighted by atomic mass is 9.89. The highest BCUT2D eigenvalue weighted by molar-refractivity contribution is 7.90. The third-order valence-corrected chi connectivity index (χ3v) is 10.0. The Morgan fingerprint density at radius 2 is 1.22 bits per heavy atom. The van der Waals surface area contributed by atoms with Crippen molar-refractivity contribution in [2.45, 2.75) is 35.4 Å². The van der Waals surface area contributed by atoms with Gasteiger partial charge in [0.2, 0.25) is 0 Å². The van der Waals surface area contributed by atoms with E-state index >= 15 is 0 Å². The smallest absolute Gasteiger partial charge is 0.258 e. The molecule has 1 atom stereocenters. The number of nitrogens with zero attached hydrogens (tertiary/aromatic N) is 4. The lowest BCUT2D eigenvalue weighted by Crippen LogP contribution is -2.35. The molecule has 6 aromatic rings. The fraction of sp³-hybridized carbons (Fsp3) is 0.226. The number of hydrogen-bond donors (Lipinski definition) is 4. The van der Waals surface area contributed by atoms with E-state index in [9.17, 15) is 16.8 Å². The van der Waals surface area contributed by atoms with Crippen molar-refractivity contribution in [1.82, 2.24) is 39.8 Å². The largest absolute Gasteiger partial charge is 0.383 e. The fourth-order valence-corrected chi connectivity index (χ4v) is 7.45. The molecular formula is C31H34N8O5S2. The van der Waals surface area contributed by atoms with E-state index in [1.807, 2.05) is 36.4 Å². The number of sulfonamides is 2. The van der Waals surface area contributed by atoms with Gasteiger partial charge in [0.1, 0.15) is 0 Å². The van der Waals surface area contributed by atoms with E-state index in [4.69, 9.17) is 4.74 Å². The van der Waals surface area contributed by atoms with Gasteiger partial charge in [0.25, 0.3) is 20.0 Å². The molecule has 46 heavy (non-hydrogen) atoms. The molecule has 6 rings (SSSR count). The zero-order valence-electron chi connectivity index (χ0n) is 25.2. The van der Waals surface area contributed by atoms with Crippen LogP contribution in [-0.4, -0.2) is 73.5 Å². The predicted octanol–water partition coefficient (Wildman–Crippen LogP) is 3.73. The SMILES string of the molecule is COCC(C)NS(=O)(=O)c1[nH]nc2ncccc12.O=S(=O)(NCCC(c1ccccc1)c1ccccc1)c1[nH]nc2ncccc12. The number of nitrogens with one attached hydrogen (secondary N) is 4. The molecule has 13 nitrogen and oxygen atoms in total. The van der Waals surface area contributed by atoms with Crippen molar-refractivity contribution in [1.29, 1.82) is 0 Å². The first-order valence-corrected chi connectivity index (χ1v) is 17.3. The van der Waals surface area contributed by atoms with E-state index < -0.39 is 20.0 Å². The molecule has 0 saturated carbocycles. The molecule has 0 aliphatic rings. The maximum atomic E-state index is 12.8. The molecule has 0 aliphatic heterocycles. The third kappa shape index (κ3) is 7.81. The quantitative estimate of drug-likeness (QED) is 0.152. The van der Waals surface area contributed by atoms with Crippen molar-refractivity contribution in [2.24, 2.45) is 0 Å². The van der Waals surface area contributed by atoms with Crippen LogP contribution >= 0.6 is 0 Å². The molecule has 0 amide bonds. The minimum absolute atomic E-state index is 0.0218. The van der Waals surface area contributed by atoms with Crippen LogP contribution in [0.3, 0.4) is 0 Å². The Morgan fingerprint density at radius 3 is 1.72 bits per heavy atom. The van der Waals surface area contributed by atoms with Gasteiger partial charge in [0.05, 0.1) is 17.4 Å². The summed E-state index contributed by atoms with van der Waals surface area (Å²) in [6.07, 6.45) is 3.77. The molecule has 0 radical (unpaired) electrons. The average Bonchev–Trinajstić information content (AvgIpc) is 3.70. The van der Waals surface area contributed by atoms with Gasteiger partial charge >= 0.3 is 0 Å². The van der Waals surface area contributed by atoms with E-state index in [0.29, 0.717) is 41.6 Å². The summed E-state index contributed by atoms with van der Waals surface area (Å²) in [6, 6.07) is 26.6. The molecule has 0 bridgehead atoms. The Balaban J connectivity index is 0.000000200. The van der Waals surface area contributed by atoms with Crippen LogP contribution in [-0.2, 0) is 24.8 Å². The zero-order valence-corrected chi connectivity index (χ0v) is 26.8. The van der Waals surface area contributed by atoms with Crippen molar-refractivity contribution < 1.29 is 21.6 Å². The second-order valence-electron chi connectivity index (χ2n) is 10.4. The summed E-state index contributed by atoms with van der Waals surface area (Å²) in [4.78, 5) is 8.04. The summed E-state index contributed by atoms with van der Waals surface area (Å²) < 4.78 is 59.8. The van der Waals surface area contributed by atoms with Crippen LogP contribution in [0.15, 0.2) is 107 Å². The van der Waals surface area contributed by atoms with Gasteiger partial charge in [-0.2, -0.15) is 10.2 Å². The lowest BCUT2D eigenvalue weighted by Gasteiger charge is -2.18. The first kappa shape index (κ1) is 32.8. The molecule has 4 N–H and O–H groups in total. The van der Waals surface area contributed by atoms with Crippen LogP contribution in [0.2, 0.25) is 0 Å². The number of aromatic amines is 2. The van der Waals surface area contributed by atoms with Crippen molar-refractivity contribution in [2.75, 3.05) is 20.3 Å². The molecule has 2 aromatic carbocycles. The normalized spacial score (nSPS) is 12.7. The molecule has 4 aromatic heterocycles. The zero-order chi connectivity index (χ0) is 32.6. The molecule has 0 spiro atoms. The number of pyridine rings is 2. The number of ether oxygens (including phenoxy) is 1. The molecule has 0 fully saturated rings. The number of fused-ring (bicyclic) bond motifs is 2. The van der Waals surface area contributed by atoms with E-state index in [1.165, 1.54) is 7.11 Å². The molecule has 15 heteroatoms. The monoisotopic (exact) mass is 662 g/mol. The number of hydrogen-bond acceptors (Lipinski definition) is 9. The Labute approximate surface area is 266 Å². The van der Waals surface area contributed by atoms with Crippen LogP contribution in [0.5, 0.6) is 0 Å². The molecule has 0 aliphatic carbocycles. The first-order chi connectivity index (χ1) is 22.2. The van der Waals surface area contributed by atoms with Crippen LogP contribution in [0, 0.1) is 0 Å². The van der Waals surface area contributed by atoms with Crippen molar-refractivity contribution >= 4 is 42.1 Å². The number of H-pyrrole nitrogens is 2.